The fourth-order valence-corrected chi connectivity index (χ4v) is 5.94. The Bertz CT molecular complexity index is 920. The Kier molecular flexibility index (Phi) is 7.62. The van der Waals surface area contributed by atoms with Crippen LogP contribution in [0.3, 0.4) is 0 Å². The Morgan fingerprint density at radius 3 is 2.35 bits per heavy atom. The van der Waals surface area contributed by atoms with E-state index >= 15 is 0 Å². The van der Waals surface area contributed by atoms with Gasteiger partial charge in [-0.3, -0.25) is 4.79 Å². The summed E-state index contributed by atoms with van der Waals surface area (Å²) in [7, 11) is -3.93. The molecule has 1 aromatic rings. The first-order valence-electron chi connectivity index (χ1n) is 10.5. The van der Waals surface area contributed by atoms with Crippen molar-refractivity contribution in [1.29, 1.82) is 0 Å². The molecule has 0 N–H and O–H groups in total. The highest BCUT2D eigenvalue weighted by Crippen LogP contribution is 2.28. The molecule has 1 aromatic carbocycles. The van der Waals surface area contributed by atoms with Gasteiger partial charge in [0.15, 0.2) is 6.61 Å². The van der Waals surface area contributed by atoms with E-state index in [0.29, 0.717) is 19.0 Å². The van der Waals surface area contributed by atoms with Gasteiger partial charge in [0, 0.05) is 26.2 Å². The van der Waals surface area contributed by atoms with Crippen LogP contribution in [0.2, 0.25) is 5.02 Å². The molecule has 0 radical (unpaired) electrons. The minimum Gasteiger partial charge on any atom is -0.452 e. The second kappa shape index (κ2) is 9.85. The fraction of sp³-hybridized carbons (Fsp3) is 0.619. The average molecular weight is 473 g/mol. The number of amides is 1. The highest BCUT2D eigenvalue weighted by atomic mass is 35.5. The minimum absolute atomic E-state index is 0.0156. The molecular formula is C21H29ClN2O6S. The van der Waals surface area contributed by atoms with Crippen LogP contribution in [0, 0.1) is 5.92 Å². The van der Waals surface area contributed by atoms with Crippen LogP contribution in [0.15, 0.2) is 23.1 Å². The van der Waals surface area contributed by atoms with Crippen molar-refractivity contribution in [3.8, 4) is 0 Å². The third-order valence-electron chi connectivity index (χ3n) is 5.63. The Morgan fingerprint density at radius 2 is 1.74 bits per heavy atom. The number of esters is 1. The molecule has 2 saturated heterocycles. The maximum Gasteiger partial charge on any atom is 0.338 e. The molecule has 10 heteroatoms. The van der Waals surface area contributed by atoms with Gasteiger partial charge < -0.3 is 14.4 Å². The van der Waals surface area contributed by atoms with E-state index in [1.807, 2.05) is 0 Å². The minimum atomic E-state index is -3.93. The van der Waals surface area contributed by atoms with Gasteiger partial charge in [0.2, 0.25) is 10.0 Å². The number of piperidine rings is 1. The summed E-state index contributed by atoms with van der Waals surface area (Å²) in [6.45, 7) is 7.06. The van der Waals surface area contributed by atoms with Crippen molar-refractivity contribution >= 4 is 33.5 Å². The zero-order valence-corrected chi connectivity index (χ0v) is 19.6. The molecule has 0 spiro atoms. The normalized spacial score (nSPS) is 23.5. The van der Waals surface area contributed by atoms with Crippen molar-refractivity contribution < 1.29 is 27.5 Å². The highest BCUT2D eigenvalue weighted by Gasteiger charge is 2.34. The molecule has 0 aromatic heterocycles. The monoisotopic (exact) mass is 472 g/mol. The van der Waals surface area contributed by atoms with Crippen LogP contribution in [-0.2, 0) is 24.3 Å². The first-order chi connectivity index (χ1) is 14.6. The van der Waals surface area contributed by atoms with Crippen molar-refractivity contribution in [3.05, 3.63) is 28.8 Å². The standard InChI is InChI=1S/C21H29ClN2O6S/c1-14-6-8-23(9-7-14)20(25)13-29-21(26)17-4-5-18(22)19(10-17)31(27,28)24-11-15(2)30-16(3)12-24/h4-5,10,14-16H,6-9,11-13H2,1-3H3. The molecule has 2 aliphatic rings. The summed E-state index contributed by atoms with van der Waals surface area (Å²) in [6.07, 6.45) is 1.34. The van der Waals surface area contributed by atoms with E-state index in [0.717, 1.165) is 12.8 Å². The van der Waals surface area contributed by atoms with Gasteiger partial charge in [0.05, 0.1) is 22.8 Å². The van der Waals surface area contributed by atoms with Gasteiger partial charge in [-0.1, -0.05) is 18.5 Å². The summed E-state index contributed by atoms with van der Waals surface area (Å²) >= 11 is 6.17. The van der Waals surface area contributed by atoms with E-state index in [1.54, 1.807) is 18.7 Å². The lowest BCUT2D eigenvalue weighted by atomic mass is 9.99. The molecule has 8 nitrogen and oxygen atoms in total. The second-order valence-electron chi connectivity index (χ2n) is 8.36. The third-order valence-corrected chi connectivity index (χ3v) is 7.95. The smallest absolute Gasteiger partial charge is 0.338 e. The lowest BCUT2D eigenvalue weighted by Crippen LogP contribution is -2.48. The van der Waals surface area contributed by atoms with Crippen molar-refractivity contribution in [2.75, 3.05) is 32.8 Å². The van der Waals surface area contributed by atoms with Gasteiger partial charge in [-0.25, -0.2) is 13.2 Å². The summed E-state index contributed by atoms with van der Waals surface area (Å²) < 4.78 is 38.4. The molecule has 0 bridgehead atoms. The first kappa shape index (κ1) is 24.0. The van der Waals surface area contributed by atoms with Crippen molar-refractivity contribution in [1.82, 2.24) is 9.21 Å². The number of likely N-dealkylation sites (tertiary alicyclic amines) is 1. The summed E-state index contributed by atoms with van der Waals surface area (Å²) in [5.74, 6) is -0.438. The number of rotatable bonds is 5. The quantitative estimate of drug-likeness (QED) is 0.611. The van der Waals surface area contributed by atoms with Crippen LogP contribution >= 0.6 is 11.6 Å². The second-order valence-corrected chi connectivity index (χ2v) is 10.7. The first-order valence-corrected chi connectivity index (χ1v) is 12.3. The molecule has 2 heterocycles. The summed E-state index contributed by atoms with van der Waals surface area (Å²) in [4.78, 5) is 26.3. The van der Waals surface area contributed by atoms with Crippen LogP contribution in [0.25, 0.3) is 0 Å². The largest absolute Gasteiger partial charge is 0.452 e. The van der Waals surface area contributed by atoms with Gasteiger partial charge >= 0.3 is 5.97 Å². The number of ether oxygens (including phenoxy) is 2. The maximum absolute atomic E-state index is 13.1. The number of carbonyl (C=O) groups excluding carboxylic acids is 2. The van der Waals surface area contributed by atoms with Gasteiger partial charge in [0.25, 0.3) is 5.91 Å². The molecule has 2 aliphatic heterocycles. The number of halogens is 1. The lowest BCUT2D eigenvalue weighted by Gasteiger charge is -2.34. The van der Waals surface area contributed by atoms with E-state index in [2.05, 4.69) is 6.92 Å². The molecule has 172 valence electrons. The van der Waals surface area contributed by atoms with Crippen molar-refractivity contribution in [3.63, 3.8) is 0 Å². The molecule has 0 saturated carbocycles. The zero-order chi connectivity index (χ0) is 22.8. The Morgan fingerprint density at radius 1 is 1.13 bits per heavy atom. The van der Waals surface area contributed by atoms with Crippen LogP contribution in [-0.4, -0.2) is 74.5 Å². The van der Waals surface area contributed by atoms with Crippen LogP contribution in [0.5, 0.6) is 0 Å². The number of sulfonamides is 1. The van der Waals surface area contributed by atoms with Gasteiger partial charge in [-0.2, -0.15) is 4.31 Å². The summed E-state index contributed by atoms with van der Waals surface area (Å²) in [6, 6.07) is 3.95. The molecule has 1 amide bonds. The lowest BCUT2D eigenvalue weighted by molar-refractivity contribution is -0.135. The van der Waals surface area contributed by atoms with Crippen LogP contribution in [0.1, 0.15) is 44.0 Å². The third kappa shape index (κ3) is 5.77. The van der Waals surface area contributed by atoms with Gasteiger partial charge in [-0.15, -0.1) is 0 Å². The Hall–Kier alpha value is -1.68. The molecular weight excluding hydrogens is 444 g/mol. The van der Waals surface area contributed by atoms with E-state index in [-0.39, 0.29) is 53.3 Å². The number of carbonyl (C=O) groups is 2. The Labute approximate surface area is 188 Å². The molecule has 3 rings (SSSR count). The molecule has 31 heavy (non-hydrogen) atoms. The molecule has 0 aliphatic carbocycles. The van der Waals surface area contributed by atoms with Gasteiger partial charge in [-0.05, 0) is 50.8 Å². The molecule has 2 fully saturated rings. The van der Waals surface area contributed by atoms with E-state index < -0.39 is 16.0 Å². The zero-order valence-electron chi connectivity index (χ0n) is 18.0. The summed E-state index contributed by atoms with van der Waals surface area (Å²) in [5, 5.41) is 0.0156. The number of morpholine rings is 1. The van der Waals surface area contributed by atoms with Crippen molar-refractivity contribution in [2.24, 2.45) is 5.92 Å². The average Bonchev–Trinajstić information content (AvgIpc) is 2.71. The van der Waals surface area contributed by atoms with Crippen molar-refractivity contribution in [2.45, 2.75) is 50.7 Å². The number of hydrogen-bond donors (Lipinski definition) is 0. The van der Waals surface area contributed by atoms with E-state index in [9.17, 15) is 18.0 Å². The topological polar surface area (TPSA) is 93.2 Å². The van der Waals surface area contributed by atoms with E-state index in [1.165, 1.54) is 22.5 Å². The number of hydrogen-bond acceptors (Lipinski definition) is 6. The van der Waals surface area contributed by atoms with E-state index in [4.69, 9.17) is 21.1 Å². The highest BCUT2D eigenvalue weighted by molar-refractivity contribution is 7.89. The SMILES string of the molecule is CC1CCN(C(=O)COC(=O)c2ccc(Cl)c(S(=O)(=O)N3CC(C)OC(C)C3)c2)CC1. The predicted octanol–water partition coefficient (Wildman–Crippen LogP) is 2.55. The van der Waals surface area contributed by atoms with Crippen LogP contribution < -0.4 is 0 Å². The number of nitrogens with zero attached hydrogens (tertiary/aromatic N) is 2. The molecule has 2 atom stereocenters. The molecule has 2 unspecified atom stereocenters. The Balaban J connectivity index is 1.70. The maximum atomic E-state index is 13.1. The predicted molar refractivity (Wildman–Crippen MR) is 115 cm³/mol. The fourth-order valence-electron chi connectivity index (χ4n) is 3.85. The van der Waals surface area contributed by atoms with Crippen LogP contribution in [0.4, 0.5) is 0 Å². The summed E-state index contributed by atoms with van der Waals surface area (Å²) in [5.41, 5.74) is 0.0254. The van der Waals surface area contributed by atoms with Gasteiger partial charge in [0.1, 0.15) is 4.90 Å². The number of benzene rings is 1.